The van der Waals surface area contributed by atoms with E-state index in [2.05, 4.69) is 308 Å². The van der Waals surface area contributed by atoms with Crippen molar-refractivity contribution >= 4 is 86.7 Å². The lowest BCUT2D eigenvalue weighted by Crippen LogP contribution is -1.92. The number of hydrogen-bond donors (Lipinski definition) is 2. The van der Waals surface area contributed by atoms with Crippen molar-refractivity contribution in [1.82, 2.24) is 19.9 Å². The van der Waals surface area contributed by atoms with E-state index in [1.165, 1.54) is 43.8 Å². The highest BCUT2D eigenvalue weighted by atomic mass is 14.8. The van der Waals surface area contributed by atoms with E-state index in [4.69, 9.17) is 9.97 Å². The molecule has 0 saturated heterocycles. The Bertz CT molecular complexity index is 5100. The number of aromatic nitrogens is 4. The molecular formula is C92H78N4. The molecule has 2 aliphatic heterocycles. The molecule has 0 amide bonds. The number of aromatic amines is 2. The van der Waals surface area contributed by atoms with Gasteiger partial charge in [0.2, 0.25) is 0 Å². The fraction of sp³-hybridized carbons (Fsp3) is 0.174. The van der Waals surface area contributed by atoms with Gasteiger partial charge in [0.25, 0.3) is 0 Å². The average molecular weight is 1240 g/mol. The van der Waals surface area contributed by atoms with Crippen LogP contribution in [0.2, 0.25) is 0 Å². The van der Waals surface area contributed by atoms with Crippen molar-refractivity contribution in [2.75, 3.05) is 0 Å². The van der Waals surface area contributed by atoms with Gasteiger partial charge in [0.1, 0.15) is 0 Å². The monoisotopic (exact) mass is 1240 g/mol. The molecule has 4 heteroatoms. The second-order valence-electron chi connectivity index (χ2n) is 27.6. The van der Waals surface area contributed by atoms with E-state index in [9.17, 15) is 0 Å². The van der Waals surface area contributed by atoms with Crippen molar-refractivity contribution in [3.63, 3.8) is 0 Å². The predicted molar refractivity (Wildman–Crippen MR) is 411 cm³/mol. The molecule has 0 spiro atoms. The Kier molecular flexibility index (Phi) is 14.6. The standard InChI is InChI=1S/C92H78N4/c1-9-53(5)57-29-37-61(38-30-57)81-85-73-45-65-21-13-15-23-67(65)47-75(73)87(93-85)82(62-39-31-58(32-40-62)54(6)10-2)89-77-49-69-25-17-19-27-71(69)51-79(77)91(95-89)84(64-43-35-60(36-44-64)56(8)12-4)92-80-52-72-28-20-18-26-70(72)50-78(80)90(96-92)83(63-41-33-59(34-42-63)55(7)11-3)88-76-48-68-24-16-14-22-66(68)46-74(76)86(81)94-88/h13-56,93,96H,9-12H2,1-8H3. The van der Waals surface area contributed by atoms with Crippen LogP contribution in [0.3, 0.4) is 0 Å². The highest BCUT2D eigenvalue weighted by Gasteiger charge is 2.32. The normalized spacial score (nSPS) is 13.4. The summed E-state index contributed by atoms with van der Waals surface area (Å²) in [4.78, 5) is 21.7. The highest BCUT2D eigenvalue weighted by molar-refractivity contribution is 6.25. The van der Waals surface area contributed by atoms with Crippen LogP contribution in [-0.4, -0.2) is 19.9 Å². The van der Waals surface area contributed by atoms with Crippen LogP contribution in [0.25, 0.3) is 176 Å². The van der Waals surface area contributed by atoms with Gasteiger partial charge in [-0.15, -0.1) is 0 Å². The average Bonchev–Trinajstić information content (AvgIpc) is 1.55. The molecule has 4 heterocycles. The number of hydrogen-bond acceptors (Lipinski definition) is 2. The summed E-state index contributed by atoms with van der Waals surface area (Å²) in [6.45, 7) is 18.5. The third-order valence-corrected chi connectivity index (χ3v) is 22.1. The number of benzene rings is 12. The molecule has 4 unspecified atom stereocenters. The molecule has 2 aromatic heterocycles. The predicted octanol–water partition coefficient (Wildman–Crippen LogP) is 26.6. The minimum absolute atomic E-state index is 0.391. The van der Waals surface area contributed by atoms with Crippen LogP contribution in [-0.2, 0) is 0 Å². The molecule has 4 nitrogen and oxygen atoms in total. The molecule has 12 aromatic carbocycles. The molecule has 96 heavy (non-hydrogen) atoms. The lowest BCUT2D eigenvalue weighted by molar-refractivity contribution is 0.734. The Labute approximate surface area is 562 Å². The summed E-state index contributed by atoms with van der Waals surface area (Å²) in [7, 11) is 0. The van der Waals surface area contributed by atoms with Crippen molar-refractivity contribution in [2.45, 2.75) is 105 Å². The maximum absolute atomic E-state index is 6.38. The van der Waals surface area contributed by atoms with E-state index >= 15 is 0 Å². The quantitative estimate of drug-likeness (QED) is 0.128. The molecule has 4 atom stereocenters. The molecule has 466 valence electrons. The largest absolute Gasteiger partial charge is 0.353 e. The molecular weight excluding hydrogens is 1160 g/mol. The van der Waals surface area contributed by atoms with Crippen molar-refractivity contribution < 1.29 is 0 Å². The van der Waals surface area contributed by atoms with E-state index < -0.39 is 0 Å². The molecule has 2 N–H and O–H groups in total. The van der Waals surface area contributed by atoms with E-state index in [0.29, 0.717) is 23.7 Å². The van der Waals surface area contributed by atoms with Crippen LogP contribution in [0, 0.1) is 0 Å². The molecule has 8 bridgehead atoms. The third-order valence-electron chi connectivity index (χ3n) is 22.1. The zero-order valence-electron chi connectivity index (χ0n) is 56.1. The lowest BCUT2D eigenvalue weighted by atomic mass is 9.90. The van der Waals surface area contributed by atoms with Crippen molar-refractivity contribution in [2.24, 2.45) is 0 Å². The maximum Gasteiger partial charge on any atom is 0.0816 e. The number of H-pyrrole nitrogens is 2. The zero-order chi connectivity index (χ0) is 65.0. The topological polar surface area (TPSA) is 57.4 Å². The third kappa shape index (κ3) is 9.70. The Balaban J connectivity index is 1.19. The van der Waals surface area contributed by atoms with Gasteiger partial charge in [0, 0.05) is 66.1 Å². The molecule has 0 saturated carbocycles. The van der Waals surface area contributed by atoms with Gasteiger partial charge < -0.3 is 9.97 Å². The fourth-order valence-corrected chi connectivity index (χ4v) is 15.6. The van der Waals surface area contributed by atoms with E-state index in [-0.39, 0.29) is 0 Å². The summed E-state index contributed by atoms with van der Waals surface area (Å²) in [6.07, 6.45) is 4.18. The number of nitrogens with zero attached hydrogens (tertiary/aromatic N) is 2. The minimum Gasteiger partial charge on any atom is -0.353 e. The van der Waals surface area contributed by atoms with E-state index in [1.54, 1.807) is 0 Å². The van der Waals surface area contributed by atoms with Gasteiger partial charge in [0.05, 0.1) is 44.8 Å². The smallest absolute Gasteiger partial charge is 0.0816 e. The van der Waals surface area contributed by atoms with E-state index in [0.717, 1.165) is 180 Å². The highest BCUT2D eigenvalue weighted by Crippen LogP contribution is 2.54. The maximum atomic E-state index is 6.38. The van der Waals surface area contributed by atoms with Crippen molar-refractivity contribution in [3.8, 4) is 89.5 Å². The minimum atomic E-state index is 0.391. The summed E-state index contributed by atoms with van der Waals surface area (Å²) in [5.74, 6) is 1.56. The van der Waals surface area contributed by atoms with Gasteiger partial charge in [-0.05, 0) is 185 Å². The van der Waals surface area contributed by atoms with Gasteiger partial charge in [0.15, 0.2) is 0 Å². The number of rotatable bonds is 12. The second kappa shape index (κ2) is 23.7. The molecule has 3 aliphatic rings. The van der Waals surface area contributed by atoms with Crippen LogP contribution in [0.1, 0.15) is 127 Å². The first-order chi connectivity index (χ1) is 47.0. The second-order valence-corrected chi connectivity index (χ2v) is 27.6. The summed E-state index contributed by atoms with van der Waals surface area (Å²) < 4.78 is 0. The molecule has 17 rings (SSSR count). The summed E-state index contributed by atoms with van der Waals surface area (Å²) >= 11 is 0. The molecule has 0 fully saturated rings. The van der Waals surface area contributed by atoms with Gasteiger partial charge in [-0.1, -0.05) is 250 Å². The first-order valence-corrected chi connectivity index (χ1v) is 35.0. The first-order valence-electron chi connectivity index (χ1n) is 35.0. The summed E-state index contributed by atoms with van der Waals surface area (Å²) in [6, 6.07) is 92.7. The first kappa shape index (κ1) is 59.1. The number of fused-ring (bicyclic) bond motifs is 4. The van der Waals surface area contributed by atoms with Crippen LogP contribution in [0.15, 0.2) is 243 Å². The Morgan fingerprint density at radius 3 is 0.625 bits per heavy atom. The van der Waals surface area contributed by atoms with Crippen LogP contribution in [0.4, 0.5) is 0 Å². The molecule has 1 aliphatic carbocycles. The SMILES string of the molecule is CCC(C)c1ccc(-c2c3nc(c(-c4ccc(C(C)CC)cc4)c4[nH]c(c(-c5ccc(C(C)CC)cc5)c5nc(c(-c6ccc(C(C)CC)cc6)c6[nH]c2c2cc7ccccc7cc62)-c2cc6ccccc6cc2-5)c2cc5ccccc5cc42)-c2cc4ccccc4cc2-3)cc1. The Hall–Kier alpha value is -10.7. The van der Waals surface area contributed by atoms with Crippen LogP contribution in [0.5, 0.6) is 0 Å². The lowest BCUT2D eigenvalue weighted by Gasteiger charge is -2.13. The van der Waals surface area contributed by atoms with Gasteiger partial charge in [-0.3, -0.25) is 0 Å². The molecule has 0 radical (unpaired) electrons. The molecule has 14 aromatic rings. The van der Waals surface area contributed by atoms with E-state index in [1.807, 2.05) is 0 Å². The summed E-state index contributed by atoms with van der Waals surface area (Å²) in [5, 5.41) is 13.8. The Morgan fingerprint density at radius 1 is 0.250 bits per heavy atom. The summed E-state index contributed by atoms with van der Waals surface area (Å²) in [5.41, 5.74) is 25.9. The van der Waals surface area contributed by atoms with Crippen LogP contribution >= 0.6 is 0 Å². The van der Waals surface area contributed by atoms with Crippen molar-refractivity contribution in [1.29, 1.82) is 0 Å². The number of nitrogens with one attached hydrogen (secondary N) is 2. The Morgan fingerprint density at radius 2 is 0.438 bits per heavy atom. The zero-order valence-corrected chi connectivity index (χ0v) is 56.1. The fourth-order valence-electron chi connectivity index (χ4n) is 15.6. The van der Waals surface area contributed by atoms with Gasteiger partial charge in [-0.25, -0.2) is 9.97 Å². The van der Waals surface area contributed by atoms with Gasteiger partial charge >= 0.3 is 0 Å². The van der Waals surface area contributed by atoms with Crippen molar-refractivity contribution in [3.05, 3.63) is 265 Å². The van der Waals surface area contributed by atoms with Crippen LogP contribution < -0.4 is 0 Å². The van der Waals surface area contributed by atoms with Gasteiger partial charge in [-0.2, -0.15) is 0 Å².